The van der Waals surface area contributed by atoms with Crippen molar-refractivity contribution in [3.8, 4) is 11.5 Å². The second kappa shape index (κ2) is 7.48. The van der Waals surface area contributed by atoms with Gasteiger partial charge in [-0.1, -0.05) is 6.07 Å². The van der Waals surface area contributed by atoms with Crippen molar-refractivity contribution < 1.29 is 29.2 Å². The first-order valence-corrected chi connectivity index (χ1v) is 12.3. The smallest absolute Gasteiger partial charge is 0.409 e. The summed E-state index contributed by atoms with van der Waals surface area (Å²) in [4.78, 5) is 16.9. The van der Waals surface area contributed by atoms with Crippen molar-refractivity contribution in [1.82, 2.24) is 9.80 Å². The Kier molecular flexibility index (Phi) is 4.88. The van der Waals surface area contributed by atoms with Crippen LogP contribution in [0.25, 0.3) is 0 Å². The number of aromatic hydroxyl groups is 1. The number of benzene rings is 1. The van der Waals surface area contributed by atoms with Crippen molar-refractivity contribution in [2.75, 3.05) is 40.5 Å². The predicted octanol–water partition coefficient (Wildman–Crippen LogP) is 2.04. The molecule has 2 bridgehead atoms. The van der Waals surface area contributed by atoms with Crippen LogP contribution in [0.3, 0.4) is 0 Å². The van der Waals surface area contributed by atoms with E-state index in [0.717, 1.165) is 43.0 Å². The minimum absolute atomic E-state index is 0.0286. The van der Waals surface area contributed by atoms with Crippen molar-refractivity contribution in [1.29, 1.82) is 0 Å². The van der Waals surface area contributed by atoms with Gasteiger partial charge < -0.3 is 29.3 Å². The Labute approximate surface area is 194 Å². The highest BCUT2D eigenvalue weighted by Gasteiger charge is 2.73. The van der Waals surface area contributed by atoms with Crippen molar-refractivity contribution in [3.05, 3.63) is 23.3 Å². The maximum atomic E-state index is 12.8. The minimum Gasteiger partial charge on any atom is -0.504 e. The molecule has 1 spiro atoms. The van der Waals surface area contributed by atoms with E-state index in [4.69, 9.17) is 14.2 Å². The second-order valence-electron chi connectivity index (χ2n) is 10.6. The number of piperidine rings is 1. The third kappa shape index (κ3) is 2.90. The molecule has 3 aliphatic carbocycles. The van der Waals surface area contributed by atoms with Crippen molar-refractivity contribution in [3.63, 3.8) is 0 Å². The molecule has 5 aliphatic rings. The number of hydrogen-bond acceptors (Lipinski definition) is 7. The van der Waals surface area contributed by atoms with Crippen LogP contribution in [-0.2, 0) is 21.3 Å². The Bertz CT molecular complexity index is 966. The largest absolute Gasteiger partial charge is 0.504 e. The van der Waals surface area contributed by atoms with Crippen LogP contribution in [0.15, 0.2) is 12.1 Å². The summed E-state index contributed by atoms with van der Waals surface area (Å²) < 4.78 is 16.9. The van der Waals surface area contributed by atoms with Gasteiger partial charge in [-0.15, -0.1) is 0 Å². The summed E-state index contributed by atoms with van der Waals surface area (Å²) >= 11 is 0. The first kappa shape index (κ1) is 21.5. The van der Waals surface area contributed by atoms with Gasteiger partial charge in [0.25, 0.3) is 0 Å². The zero-order valence-corrected chi connectivity index (χ0v) is 19.5. The van der Waals surface area contributed by atoms with Crippen molar-refractivity contribution >= 4 is 6.09 Å². The number of phenolic OH excluding ortho intramolecular Hbond substituents is 1. The normalized spacial score (nSPS) is 36.2. The highest BCUT2D eigenvalue weighted by molar-refractivity contribution is 5.69. The Morgan fingerprint density at radius 3 is 2.85 bits per heavy atom. The number of aliphatic hydroxyl groups is 1. The number of carbonyl (C=O) groups excluding carboxylic acids is 1. The first-order chi connectivity index (χ1) is 15.9. The second-order valence-corrected chi connectivity index (χ2v) is 10.6. The molecule has 1 aromatic rings. The topological polar surface area (TPSA) is 91.7 Å². The average Bonchev–Trinajstić information content (AvgIpc) is 3.54. The summed E-state index contributed by atoms with van der Waals surface area (Å²) in [7, 11) is 3.32. The molecule has 6 rings (SSSR count). The lowest BCUT2D eigenvalue weighted by molar-refractivity contribution is -0.198. The third-order valence-electron chi connectivity index (χ3n) is 9.03. The van der Waals surface area contributed by atoms with Gasteiger partial charge in [-0.05, 0) is 62.6 Å². The molecule has 3 unspecified atom stereocenters. The molecule has 1 aromatic carbocycles. The summed E-state index contributed by atoms with van der Waals surface area (Å²) in [6.07, 6.45) is 4.46. The molecule has 8 nitrogen and oxygen atoms in total. The lowest BCUT2D eigenvalue weighted by Gasteiger charge is -2.64. The number of hydrogen-bond donors (Lipinski definition) is 2. The molecule has 2 N–H and O–H groups in total. The highest BCUT2D eigenvalue weighted by Crippen LogP contribution is 2.66. The molecular formula is C25H34N2O6. The van der Waals surface area contributed by atoms with Crippen LogP contribution in [0.4, 0.5) is 4.79 Å². The lowest BCUT2D eigenvalue weighted by Crippen LogP contribution is -2.78. The number of rotatable bonds is 6. The van der Waals surface area contributed by atoms with Crippen LogP contribution in [-0.4, -0.2) is 90.4 Å². The molecule has 0 aromatic heterocycles. The summed E-state index contributed by atoms with van der Waals surface area (Å²) in [5, 5.41) is 23.2. The van der Waals surface area contributed by atoms with E-state index >= 15 is 0 Å². The van der Waals surface area contributed by atoms with Crippen molar-refractivity contribution in [2.24, 2.45) is 5.92 Å². The molecule has 3 fully saturated rings. The third-order valence-corrected chi connectivity index (χ3v) is 9.03. The van der Waals surface area contributed by atoms with Crippen molar-refractivity contribution in [2.45, 2.75) is 67.7 Å². The molecule has 1 saturated heterocycles. The number of methoxy groups -OCH3 is 1. The first-order valence-electron chi connectivity index (χ1n) is 12.3. The van der Waals surface area contributed by atoms with Gasteiger partial charge in [0.05, 0.1) is 23.7 Å². The number of likely N-dealkylation sites (tertiary alicyclic amines) is 1. The molecule has 1 amide bonds. The Morgan fingerprint density at radius 1 is 1.27 bits per heavy atom. The van der Waals surface area contributed by atoms with Crippen LogP contribution < -0.4 is 4.74 Å². The maximum Gasteiger partial charge on any atom is 0.409 e. The quantitative estimate of drug-likeness (QED) is 0.631. The summed E-state index contributed by atoms with van der Waals surface area (Å²) in [6, 6.07) is 3.49. The summed E-state index contributed by atoms with van der Waals surface area (Å²) in [5.41, 5.74) is 0.548. The van der Waals surface area contributed by atoms with Gasteiger partial charge in [-0.3, -0.25) is 4.90 Å². The molecule has 180 valence electrons. The van der Waals surface area contributed by atoms with E-state index in [1.807, 2.05) is 6.07 Å². The molecule has 5 atom stereocenters. The highest BCUT2D eigenvalue weighted by atomic mass is 16.6. The van der Waals surface area contributed by atoms with E-state index in [1.54, 1.807) is 25.1 Å². The fourth-order valence-corrected chi connectivity index (χ4v) is 7.30. The van der Waals surface area contributed by atoms with Crippen LogP contribution in [0.5, 0.6) is 11.5 Å². The number of carbonyl (C=O) groups is 1. The van der Waals surface area contributed by atoms with Crippen LogP contribution in [0.1, 0.15) is 43.2 Å². The van der Waals surface area contributed by atoms with Gasteiger partial charge in [-0.2, -0.15) is 0 Å². The Balaban J connectivity index is 1.39. The molecule has 33 heavy (non-hydrogen) atoms. The monoisotopic (exact) mass is 458 g/mol. The van der Waals surface area contributed by atoms with Gasteiger partial charge in [0.15, 0.2) is 11.5 Å². The SMILES string of the molecule is COCCOC(=O)N(C)C1CCC2(O)[C@@H]3Cc4ccc(O)c5c4[C@@]2(CCN3CC2CC2)C1O5. The lowest BCUT2D eigenvalue weighted by atomic mass is 9.48. The zero-order chi connectivity index (χ0) is 23.0. The number of nitrogens with zero attached hydrogens (tertiary/aromatic N) is 2. The van der Waals surface area contributed by atoms with Crippen LogP contribution >= 0.6 is 0 Å². The zero-order valence-electron chi connectivity index (χ0n) is 19.5. The van der Waals surface area contributed by atoms with E-state index in [9.17, 15) is 15.0 Å². The molecule has 0 radical (unpaired) electrons. The number of ether oxygens (including phenoxy) is 3. The molecule has 8 heteroatoms. The number of likely N-dealkylation sites (N-methyl/N-ethyl adjacent to an activating group) is 1. The van der Waals surface area contributed by atoms with Gasteiger partial charge >= 0.3 is 6.09 Å². The van der Waals surface area contributed by atoms with Crippen LogP contribution in [0.2, 0.25) is 0 Å². The van der Waals surface area contributed by atoms with E-state index < -0.39 is 23.2 Å². The molecule has 2 aliphatic heterocycles. The predicted molar refractivity (Wildman–Crippen MR) is 120 cm³/mol. The fourth-order valence-electron chi connectivity index (χ4n) is 7.30. The van der Waals surface area contributed by atoms with Gasteiger partial charge in [0.1, 0.15) is 12.7 Å². The molecule has 2 saturated carbocycles. The van der Waals surface area contributed by atoms with Gasteiger partial charge in [-0.25, -0.2) is 4.79 Å². The minimum atomic E-state index is -0.950. The number of amides is 1. The standard InChI is InChI=1S/C25H34N2O6/c1-26(23(29)32-12-11-31-2)17-7-8-25(30)19-13-16-5-6-18(28)21-20(16)24(25,22(17)33-21)9-10-27(19)14-15-3-4-15/h5-6,15,17,19,22,28,30H,3-4,7-14H2,1-2H3/t17?,19-,22?,24-,25?/m0/s1. The average molecular weight is 459 g/mol. The van der Waals surface area contributed by atoms with Gasteiger partial charge in [0, 0.05) is 32.3 Å². The van der Waals surface area contributed by atoms with E-state index in [0.29, 0.717) is 25.2 Å². The van der Waals surface area contributed by atoms with E-state index in [-0.39, 0.29) is 24.4 Å². The summed E-state index contributed by atoms with van der Waals surface area (Å²) in [5.74, 6) is 1.36. The number of phenols is 1. The van der Waals surface area contributed by atoms with E-state index in [1.165, 1.54) is 12.8 Å². The van der Waals surface area contributed by atoms with Crippen LogP contribution in [0, 0.1) is 5.92 Å². The summed E-state index contributed by atoms with van der Waals surface area (Å²) in [6.45, 7) is 2.47. The van der Waals surface area contributed by atoms with E-state index in [2.05, 4.69) is 4.90 Å². The Hall–Kier alpha value is -2.03. The maximum absolute atomic E-state index is 12.8. The molecular weight excluding hydrogens is 424 g/mol. The van der Waals surface area contributed by atoms with Gasteiger partial charge in [0.2, 0.25) is 0 Å². The Morgan fingerprint density at radius 2 is 2.09 bits per heavy atom. The molecule has 2 heterocycles. The fraction of sp³-hybridized carbons (Fsp3) is 0.720.